The van der Waals surface area contributed by atoms with Crippen molar-refractivity contribution in [3.05, 3.63) is 78.4 Å². The van der Waals surface area contributed by atoms with E-state index in [0.29, 0.717) is 26.3 Å². The van der Waals surface area contributed by atoms with Gasteiger partial charge in [0.05, 0.1) is 42.7 Å². The minimum absolute atomic E-state index is 0.106. The normalized spacial score (nSPS) is 13.8. The monoisotopic (exact) mass is 485 g/mol. The summed E-state index contributed by atoms with van der Waals surface area (Å²) >= 11 is 0. The maximum Gasteiger partial charge on any atom is 0.270 e. The molecule has 1 fully saturated rings. The van der Waals surface area contributed by atoms with Crippen LogP contribution in [0.3, 0.4) is 0 Å². The summed E-state index contributed by atoms with van der Waals surface area (Å²) in [4.78, 5) is 22.8. The Morgan fingerprint density at radius 2 is 1.92 bits per heavy atom. The molecule has 0 unspecified atom stereocenters. The lowest BCUT2D eigenvalue weighted by Gasteiger charge is -2.27. The van der Waals surface area contributed by atoms with Crippen molar-refractivity contribution in [2.45, 2.75) is 13.5 Å². The van der Waals surface area contributed by atoms with E-state index in [9.17, 15) is 4.39 Å². The lowest BCUT2D eigenvalue weighted by Crippen LogP contribution is -2.37. The summed E-state index contributed by atoms with van der Waals surface area (Å²) in [5.74, 6) is -0.164. The Balaban J connectivity index is 1.21. The second-order valence-electron chi connectivity index (χ2n) is 8.14. The number of nitrogens with zero attached hydrogens (tertiary/aromatic N) is 8. The zero-order valence-corrected chi connectivity index (χ0v) is 19.7. The van der Waals surface area contributed by atoms with Crippen LogP contribution in [0.4, 0.5) is 27.5 Å². The highest BCUT2D eigenvalue weighted by Gasteiger charge is 2.17. The van der Waals surface area contributed by atoms with Crippen LogP contribution in [0.5, 0.6) is 0 Å². The molecule has 5 rings (SSSR count). The third-order valence-electron chi connectivity index (χ3n) is 5.56. The van der Waals surface area contributed by atoms with Crippen LogP contribution in [-0.4, -0.2) is 51.2 Å². The van der Waals surface area contributed by atoms with Crippen molar-refractivity contribution in [3.8, 4) is 11.3 Å². The molecule has 0 bridgehead atoms. The highest BCUT2D eigenvalue weighted by molar-refractivity contribution is 5.70. The average Bonchev–Trinajstić information content (AvgIpc) is 2.91. The lowest BCUT2D eigenvalue weighted by molar-refractivity contribution is 0.122. The molecule has 4 aromatic rings. The minimum Gasteiger partial charge on any atom is -0.378 e. The first-order chi connectivity index (χ1) is 17.7. The Labute approximate surface area is 207 Å². The first-order valence-corrected chi connectivity index (χ1v) is 11.5. The van der Waals surface area contributed by atoms with Gasteiger partial charge in [-0.2, -0.15) is 10.1 Å². The second kappa shape index (κ2) is 10.9. The summed E-state index contributed by atoms with van der Waals surface area (Å²) in [5.41, 5.74) is 5.40. The van der Waals surface area contributed by atoms with E-state index >= 15 is 0 Å². The van der Waals surface area contributed by atoms with E-state index in [4.69, 9.17) is 4.74 Å². The van der Waals surface area contributed by atoms with Gasteiger partial charge >= 0.3 is 0 Å². The molecule has 1 saturated heterocycles. The van der Waals surface area contributed by atoms with E-state index in [1.165, 1.54) is 0 Å². The SMILES string of the molecule is Cc1cncnc1-c1cccc(Nc2ccc(CN=Nc3ncc(F)c(N4CCOCC4)n3)nc2)c1. The van der Waals surface area contributed by atoms with Crippen LogP contribution >= 0.6 is 0 Å². The van der Waals surface area contributed by atoms with Gasteiger partial charge in [-0.15, -0.1) is 5.11 Å². The summed E-state index contributed by atoms with van der Waals surface area (Å²) < 4.78 is 19.5. The number of nitrogens with one attached hydrogen (secondary N) is 1. The number of benzene rings is 1. The zero-order valence-electron chi connectivity index (χ0n) is 19.7. The van der Waals surface area contributed by atoms with Gasteiger partial charge in [0.1, 0.15) is 12.9 Å². The summed E-state index contributed by atoms with van der Waals surface area (Å²) in [6.07, 6.45) is 6.20. The third-order valence-corrected chi connectivity index (χ3v) is 5.56. The maximum absolute atomic E-state index is 14.2. The number of morpholine rings is 1. The molecule has 0 atom stereocenters. The number of hydrogen-bond donors (Lipinski definition) is 1. The molecule has 1 N–H and O–H groups in total. The Kier molecular flexibility index (Phi) is 7.08. The van der Waals surface area contributed by atoms with Crippen LogP contribution < -0.4 is 10.2 Å². The minimum atomic E-state index is -0.488. The van der Waals surface area contributed by atoms with Gasteiger partial charge in [-0.3, -0.25) is 4.98 Å². The molecule has 4 heterocycles. The Bertz CT molecular complexity index is 1360. The molecule has 0 aliphatic carbocycles. The molecule has 1 aromatic carbocycles. The van der Waals surface area contributed by atoms with Crippen molar-refractivity contribution in [1.82, 2.24) is 24.9 Å². The van der Waals surface area contributed by atoms with Crippen LogP contribution in [0, 0.1) is 12.7 Å². The van der Waals surface area contributed by atoms with Gasteiger partial charge in [0.2, 0.25) is 0 Å². The van der Waals surface area contributed by atoms with Gasteiger partial charge in [-0.1, -0.05) is 12.1 Å². The number of azo groups is 1. The van der Waals surface area contributed by atoms with E-state index < -0.39 is 5.82 Å². The highest BCUT2D eigenvalue weighted by Crippen LogP contribution is 2.25. The van der Waals surface area contributed by atoms with E-state index in [0.717, 1.165) is 40.1 Å². The standard InChI is InChI=1S/C25H24FN9O/c1-17-12-27-16-30-23(17)18-3-2-4-19(11-18)32-21-6-5-20(28-13-21)14-31-34-25-29-15-22(26)24(33-25)35-7-9-36-10-8-35/h2-6,11-13,15-16,32H,7-10,14H2,1H3. The number of anilines is 3. The maximum atomic E-state index is 14.2. The van der Waals surface area contributed by atoms with Crippen molar-refractivity contribution in [2.24, 2.45) is 10.2 Å². The van der Waals surface area contributed by atoms with Crippen molar-refractivity contribution < 1.29 is 9.13 Å². The molecular formula is C25H24FN9O. The van der Waals surface area contributed by atoms with Crippen molar-refractivity contribution in [2.75, 3.05) is 36.5 Å². The molecule has 3 aromatic heterocycles. The van der Waals surface area contributed by atoms with Crippen molar-refractivity contribution in [3.63, 3.8) is 0 Å². The van der Waals surface area contributed by atoms with Gasteiger partial charge in [0.25, 0.3) is 5.95 Å². The van der Waals surface area contributed by atoms with Crippen molar-refractivity contribution in [1.29, 1.82) is 0 Å². The molecular weight excluding hydrogens is 461 g/mol. The number of aryl methyl sites for hydroxylation is 1. The summed E-state index contributed by atoms with van der Waals surface area (Å²) in [7, 11) is 0. The quantitative estimate of drug-likeness (QED) is 0.377. The first kappa shape index (κ1) is 23.4. The Hall–Kier alpha value is -4.38. The zero-order chi connectivity index (χ0) is 24.7. The second-order valence-corrected chi connectivity index (χ2v) is 8.14. The smallest absolute Gasteiger partial charge is 0.270 e. The fraction of sp³-hybridized carbons (Fsp3) is 0.240. The summed E-state index contributed by atoms with van der Waals surface area (Å²) in [6.45, 7) is 4.43. The highest BCUT2D eigenvalue weighted by atomic mass is 19.1. The van der Waals surface area contributed by atoms with Gasteiger partial charge in [-0.05, 0) is 36.8 Å². The van der Waals surface area contributed by atoms with Crippen LogP contribution in [0.2, 0.25) is 0 Å². The predicted molar refractivity (Wildman–Crippen MR) is 133 cm³/mol. The molecule has 36 heavy (non-hydrogen) atoms. The molecule has 182 valence electrons. The average molecular weight is 486 g/mol. The number of hydrogen-bond acceptors (Lipinski definition) is 10. The van der Waals surface area contributed by atoms with Gasteiger partial charge in [0.15, 0.2) is 11.6 Å². The lowest BCUT2D eigenvalue weighted by atomic mass is 10.1. The Morgan fingerprint density at radius 3 is 2.72 bits per heavy atom. The molecule has 1 aliphatic heterocycles. The first-order valence-electron chi connectivity index (χ1n) is 11.5. The van der Waals surface area contributed by atoms with Gasteiger partial charge < -0.3 is 15.0 Å². The van der Waals surface area contributed by atoms with E-state index in [1.54, 1.807) is 18.7 Å². The fourth-order valence-electron chi connectivity index (χ4n) is 3.77. The summed E-state index contributed by atoms with van der Waals surface area (Å²) in [5, 5.41) is 11.5. The molecule has 10 nitrogen and oxygen atoms in total. The fourth-order valence-corrected chi connectivity index (χ4v) is 3.77. The third kappa shape index (κ3) is 5.63. The predicted octanol–water partition coefficient (Wildman–Crippen LogP) is 4.64. The largest absolute Gasteiger partial charge is 0.378 e. The Morgan fingerprint density at radius 1 is 1.03 bits per heavy atom. The molecule has 0 amide bonds. The van der Waals surface area contributed by atoms with Gasteiger partial charge in [-0.25, -0.2) is 19.3 Å². The van der Waals surface area contributed by atoms with Crippen LogP contribution in [0.15, 0.2) is 71.5 Å². The van der Waals surface area contributed by atoms with Gasteiger partial charge in [0, 0.05) is 30.5 Å². The molecule has 1 aliphatic rings. The number of rotatable bonds is 7. The van der Waals surface area contributed by atoms with Crippen LogP contribution in [0.1, 0.15) is 11.3 Å². The molecule has 11 heteroatoms. The molecule has 0 radical (unpaired) electrons. The number of pyridine rings is 1. The summed E-state index contributed by atoms with van der Waals surface area (Å²) in [6, 6.07) is 11.8. The van der Waals surface area contributed by atoms with Crippen LogP contribution in [-0.2, 0) is 11.3 Å². The molecule has 0 saturated carbocycles. The number of aromatic nitrogens is 5. The number of ether oxygens (including phenoxy) is 1. The number of halogens is 1. The van der Waals surface area contributed by atoms with Crippen LogP contribution in [0.25, 0.3) is 11.3 Å². The van der Waals surface area contributed by atoms with E-state index in [1.807, 2.05) is 48.2 Å². The van der Waals surface area contributed by atoms with Crippen molar-refractivity contribution >= 4 is 23.1 Å². The van der Waals surface area contributed by atoms with E-state index in [2.05, 4.69) is 40.5 Å². The molecule has 0 spiro atoms. The topological polar surface area (TPSA) is 114 Å². The van der Waals surface area contributed by atoms with E-state index in [-0.39, 0.29) is 18.3 Å².